The number of benzene rings is 3. The lowest BCUT2D eigenvalue weighted by Crippen LogP contribution is -2.54. The van der Waals surface area contributed by atoms with Crippen LogP contribution in [-0.4, -0.2) is 62.6 Å². The second-order valence-electron chi connectivity index (χ2n) is 11.0. The highest BCUT2D eigenvalue weighted by Gasteiger charge is 2.38. The molecule has 3 aromatic rings. The Labute approximate surface area is 252 Å². The third-order valence-electron chi connectivity index (χ3n) is 6.44. The number of rotatable bonds is 11. The van der Waals surface area contributed by atoms with E-state index in [-0.39, 0.29) is 32.9 Å². The number of anilines is 2. The van der Waals surface area contributed by atoms with Crippen molar-refractivity contribution in [1.82, 2.24) is 5.32 Å². The highest BCUT2D eigenvalue weighted by Crippen LogP contribution is 2.33. The van der Waals surface area contributed by atoms with Gasteiger partial charge in [0.05, 0.1) is 44.3 Å². The normalized spacial score (nSPS) is 15.0. The number of hydrogen-bond acceptors (Lipinski definition) is 7. The van der Waals surface area contributed by atoms with Gasteiger partial charge in [0.2, 0.25) is 0 Å². The molecule has 3 aromatic carbocycles. The Morgan fingerprint density at radius 1 is 0.791 bits per heavy atom. The van der Waals surface area contributed by atoms with Crippen molar-refractivity contribution in [1.29, 1.82) is 0 Å². The maximum Gasteiger partial charge on any atom is 0.414 e. The van der Waals surface area contributed by atoms with E-state index < -0.39 is 29.7 Å². The third-order valence-corrected chi connectivity index (χ3v) is 6.44. The quantitative estimate of drug-likeness (QED) is 0.303. The first kappa shape index (κ1) is 31.5. The van der Waals surface area contributed by atoms with Crippen LogP contribution < -0.4 is 15.1 Å². The number of para-hydroxylation sites is 2. The molecule has 4 rings (SSSR count). The minimum Gasteiger partial charge on any atom is -0.447 e. The number of alkyl carbamates (subject to hydrolysis) is 1. The van der Waals surface area contributed by atoms with Gasteiger partial charge in [-0.25, -0.2) is 9.59 Å². The first-order chi connectivity index (χ1) is 20.7. The summed E-state index contributed by atoms with van der Waals surface area (Å²) in [6.07, 6.45) is -1.43. The second kappa shape index (κ2) is 15.2. The molecular formula is C33H39N3O7. The number of carbonyl (C=O) groups is 3. The van der Waals surface area contributed by atoms with E-state index in [9.17, 15) is 14.4 Å². The summed E-state index contributed by atoms with van der Waals surface area (Å²) in [5, 5.41) is 2.66. The average Bonchev–Trinajstić information content (AvgIpc) is 3.09. The summed E-state index contributed by atoms with van der Waals surface area (Å²) in [7, 11) is 0. The molecule has 0 saturated heterocycles. The second-order valence-corrected chi connectivity index (χ2v) is 11.0. The molecule has 1 aliphatic heterocycles. The maximum absolute atomic E-state index is 13.9. The van der Waals surface area contributed by atoms with Gasteiger partial charge in [0.15, 0.2) is 0 Å². The van der Waals surface area contributed by atoms with Crippen molar-refractivity contribution in [2.45, 2.75) is 45.6 Å². The third kappa shape index (κ3) is 9.56. The molecule has 1 heterocycles. The van der Waals surface area contributed by atoms with Crippen molar-refractivity contribution in [3.05, 3.63) is 96.1 Å². The Morgan fingerprint density at radius 2 is 1.35 bits per heavy atom. The zero-order valence-electron chi connectivity index (χ0n) is 24.9. The van der Waals surface area contributed by atoms with Crippen LogP contribution in [0.1, 0.15) is 31.9 Å². The topological polar surface area (TPSA) is 107 Å². The minimum absolute atomic E-state index is 0.0134. The molecule has 10 nitrogen and oxygen atoms in total. The standard InChI is InChI=1S/C33H39N3O7/c1-33(2,3)43-31(38)34-27-22-36(32(39)42-21-20-41-24-26-14-8-5-9-15-26)29-17-11-10-16-28(29)35(30(27)37)18-19-40-23-25-12-6-4-7-13-25/h4-17,27H,18-24H2,1-3H3,(H,34,38)/t27-/m0/s1. The van der Waals surface area contributed by atoms with E-state index in [4.69, 9.17) is 18.9 Å². The summed E-state index contributed by atoms with van der Waals surface area (Å²) in [6, 6.07) is 25.4. The Bertz CT molecular complexity index is 1350. The number of hydrogen-bond donors (Lipinski definition) is 1. The molecule has 1 N–H and O–H groups in total. The van der Waals surface area contributed by atoms with Crippen molar-refractivity contribution in [2.75, 3.05) is 42.7 Å². The largest absolute Gasteiger partial charge is 0.447 e. The summed E-state index contributed by atoms with van der Waals surface area (Å²) in [4.78, 5) is 42.9. The van der Waals surface area contributed by atoms with Gasteiger partial charge in [0.1, 0.15) is 18.2 Å². The fraction of sp³-hybridized carbons (Fsp3) is 0.364. The molecular weight excluding hydrogens is 550 g/mol. The van der Waals surface area contributed by atoms with E-state index in [0.717, 1.165) is 11.1 Å². The molecule has 0 aliphatic carbocycles. The van der Waals surface area contributed by atoms with Crippen LogP contribution in [0.25, 0.3) is 0 Å². The SMILES string of the molecule is CC(C)(C)OC(=O)N[C@H]1CN(C(=O)OCCOCc2ccccc2)c2ccccc2N(CCOCc2ccccc2)C1=O. The van der Waals surface area contributed by atoms with Crippen LogP contribution in [0.15, 0.2) is 84.9 Å². The van der Waals surface area contributed by atoms with Gasteiger partial charge in [-0.1, -0.05) is 72.8 Å². The van der Waals surface area contributed by atoms with Gasteiger partial charge < -0.3 is 29.2 Å². The molecule has 228 valence electrons. The molecule has 0 fully saturated rings. The molecule has 0 spiro atoms. The van der Waals surface area contributed by atoms with E-state index in [1.807, 2.05) is 60.7 Å². The lowest BCUT2D eigenvalue weighted by atomic mass is 10.2. The predicted molar refractivity (Wildman–Crippen MR) is 163 cm³/mol. The van der Waals surface area contributed by atoms with Gasteiger partial charge in [-0.3, -0.25) is 9.69 Å². The number of fused-ring (bicyclic) bond motifs is 1. The first-order valence-corrected chi connectivity index (χ1v) is 14.3. The minimum atomic E-state index is -1.10. The van der Waals surface area contributed by atoms with Crippen LogP contribution in [0.5, 0.6) is 0 Å². The molecule has 1 aliphatic rings. The Hall–Kier alpha value is -4.41. The van der Waals surface area contributed by atoms with E-state index in [1.54, 1.807) is 45.0 Å². The number of nitrogens with one attached hydrogen (secondary N) is 1. The zero-order chi connectivity index (χ0) is 30.7. The number of amides is 3. The van der Waals surface area contributed by atoms with Crippen molar-refractivity contribution in [2.24, 2.45) is 0 Å². The van der Waals surface area contributed by atoms with Crippen molar-refractivity contribution < 1.29 is 33.3 Å². The van der Waals surface area contributed by atoms with Crippen LogP contribution >= 0.6 is 0 Å². The van der Waals surface area contributed by atoms with Crippen molar-refractivity contribution in [3.8, 4) is 0 Å². The summed E-state index contributed by atoms with van der Waals surface area (Å²) in [5.41, 5.74) is 2.22. The van der Waals surface area contributed by atoms with Gasteiger partial charge in [-0.05, 0) is 44.0 Å². The summed E-state index contributed by atoms with van der Waals surface area (Å²) in [5.74, 6) is -0.400. The van der Waals surface area contributed by atoms with Crippen molar-refractivity contribution in [3.63, 3.8) is 0 Å². The lowest BCUT2D eigenvalue weighted by molar-refractivity contribution is -0.120. The Morgan fingerprint density at radius 3 is 1.95 bits per heavy atom. The molecule has 3 amide bonds. The van der Waals surface area contributed by atoms with Crippen LogP contribution in [0, 0.1) is 0 Å². The number of nitrogens with zero attached hydrogens (tertiary/aromatic N) is 2. The smallest absolute Gasteiger partial charge is 0.414 e. The molecule has 10 heteroatoms. The first-order valence-electron chi connectivity index (χ1n) is 14.3. The molecule has 0 bridgehead atoms. The van der Waals surface area contributed by atoms with E-state index >= 15 is 0 Å². The molecule has 0 aromatic heterocycles. The highest BCUT2D eigenvalue weighted by molar-refractivity contribution is 6.06. The average molecular weight is 590 g/mol. The summed E-state index contributed by atoms with van der Waals surface area (Å²) >= 11 is 0. The number of ether oxygens (including phenoxy) is 4. The molecule has 1 atom stereocenters. The lowest BCUT2D eigenvalue weighted by Gasteiger charge is -2.26. The summed E-state index contributed by atoms with van der Waals surface area (Å²) < 4.78 is 22.5. The zero-order valence-corrected chi connectivity index (χ0v) is 24.9. The van der Waals surface area contributed by atoms with Gasteiger partial charge in [-0.2, -0.15) is 0 Å². The van der Waals surface area contributed by atoms with Gasteiger partial charge >= 0.3 is 12.2 Å². The molecule has 0 unspecified atom stereocenters. The molecule has 0 radical (unpaired) electrons. The highest BCUT2D eigenvalue weighted by atomic mass is 16.6. The summed E-state index contributed by atoms with van der Waals surface area (Å²) in [6.45, 7) is 6.46. The maximum atomic E-state index is 13.9. The van der Waals surface area contributed by atoms with Crippen LogP contribution in [0.4, 0.5) is 21.0 Å². The van der Waals surface area contributed by atoms with Crippen LogP contribution in [-0.2, 0) is 37.0 Å². The van der Waals surface area contributed by atoms with Crippen LogP contribution in [0.3, 0.4) is 0 Å². The monoisotopic (exact) mass is 589 g/mol. The number of carbonyl (C=O) groups excluding carboxylic acids is 3. The Kier molecular flexibility index (Phi) is 11.1. The molecule has 43 heavy (non-hydrogen) atoms. The predicted octanol–water partition coefficient (Wildman–Crippen LogP) is 5.30. The van der Waals surface area contributed by atoms with E-state index in [0.29, 0.717) is 24.6 Å². The fourth-order valence-corrected chi connectivity index (χ4v) is 4.50. The Balaban J connectivity index is 1.47. The van der Waals surface area contributed by atoms with Gasteiger partial charge in [0, 0.05) is 6.54 Å². The van der Waals surface area contributed by atoms with Gasteiger partial charge in [0.25, 0.3) is 5.91 Å². The van der Waals surface area contributed by atoms with Crippen LogP contribution in [0.2, 0.25) is 0 Å². The molecule has 0 saturated carbocycles. The van der Waals surface area contributed by atoms with E-state index in [2.05, 4.69) is 5.32 Å². The van der Waals surface area contributed by atoms with Gasteiger partial charge in [-0.15, -0.1) is 0 Å². The fourth-order valence-electron chi connectivity index (χ4n) is 4.50. The van der Waals surface area contributed by atoms with Crippen molar-refractivity contribution >= 4 is 29.5 Å². The van der Waals surface area contributed by atoms with E-state index in [1.165, 1.54) is 9.80 Å².